The molecule has 156 valence electrons. The van der Waals surface area contributed by atoms with Crippen LogP contribution in [0.1, 0.15) is 20.8 Å². The molecule has 3 aromatic heterocycles. The van der Waals surface area contributed by atoms with Crippen molar-refractivity contribution in [2.45, 2.75) is 31.3 Å². The van der Waals surface area contributed by atoms with Gasteiger partial charge < -0.3 is 4.74 Å². The van der Waals surface area contributed by atoms with Crippen LogP contribution in [0.2, 0.25) is 0 Å². The van der Waals surface area contributed by atoms with E-state index in [9.17, 15) is 13.2 Å². The van der Waals surface area contributed by atoms with Gasteiger partial charge in [-0.2, -0.15) is 9.78 Å². The molecule has 0 N–H and O–H groups in total. The Morgan fingerprint density at radius 1 is 1.10 bits per heavy atom. The first-order valence-corrected chi connectivity index (χ1v) is 10.9. The predicted octanol–water partition coefficient (Wildman–Crippen LogP) is 2.71. The lowest BCUT2D eigenvalue weighted by Crippen LogP contribution is -2.27. The van der Waals surface area contributed by atoms with E-state index in [0.29, 0.717) is 22.0 Å². The summed E-state index contributed by atoms with van der Waals surface area (Å²) in [6, 6.07) is 9.70. The van der Waals surface area contributed by atoms with E-state index in [1.807, 2.05) is 0 Å². The average molecular weight is 434 g/mol. The summed E-state index contributed by atoms with van der Waals surface area (Å²) in [4.78, 5) is 16.7. The van der Waals surface area contributed by atoms with Crippen molar-refractivity contribution in [2.75, 3.05) is 0 Å². The summed E-state index contributed by atoms with van der Waals surface area (Å²) in [5.74, 6) is 0. The zero-order chi connectivity index (χ0) is 22.4. The fourth-order valence-corrected chi connectivity index (χ4v) is 4.43. The number of hydrogen-bond donors (Lipinski definition) is 0. The molecule has 8 nitrogen and oxygen atoms in total. The molecule has 0 aliphatic carbocycles. The highest BCUT2D eigenvalue weighted by atomic mass is 32.2. The Labute approximate surface area is 180 Å². The monoisotopic (exact) mass is 434 g/mol. The molecule has 0 atom stereocenters. The zero-order valence-corrected chi connectivity index (χ0v) is 18.0. The Balaban J connectivity index is 1.86. The van der Waals surface area contributed by atoms with Gasteiger partial charge in [0.05, 0.1) is 11.1 Å². The minimum atomic E-state index is -3.90. The van der Waals surface area contributed by atoms with E-state index in [1.165, 1.54) is 36.9 Å². The van der Waals surface area contributed by atoms with Crippen molar-refractivity contribution >= 4 is 40.5 Å². The molecule has 0 aliphatic heterocycles. The van der Waals surface area contributed by atoms with Crippen LogP contribution in [-0.2, 0) is 14.8 Å². The smallest absolute Gasteiger partial charge is 0.435 e. The van der Waals surface area contributed by atoms with Crippen LogP contribution in [0, 0.1) is 0 Å². The third kappa shape index (κ3) is 3.98. The first kappa shape index (κ1) is 20.9. The molecular weight excluding hydrogens is 415 g/mol. The number of fused-ring (bicyclic) bond motifs is 1. The van der Waals surface area contributed by atoms with Gasteiger partial charge in [-0.1, -0.05) is 29.7 Å². The van der Waals surface area contributed by atoms with Crippen molar-refractivity contribution in [3.63, 3.8) is 0 Å². The van der Waals surface area contributed by atoms with Crippen molar-refractivity contribution in [3.05, 3.63) is 61.2 Å². The van der Waals surface area contributed by atoms with E-state index in [1.54, 1.807) is 45.0 Å². The van der Waals surface area contributed by atoms with E-state index >= 15 is 0 Å². The molecular formula is C21H19BN4O4S. The van der Waals surface area contributed by atoms with Gasteiger partial charge in [-0.25, -0.2) is 22.2 Å². The number of benzene rings is 1. The number of aromatic nitrogens is 4. The highest BCUT2D eigenvalue weighted by molar-refractivity contribution is 7.90. The van der Waals surface area contributed by atoms with Crippen LogP contribution in [0.15, 0.2) is 66.1 Å². The maximum atomic E-state index is 13.2. The van der Waals surface area contributed by atoms with Crippen LogP contribution in [0.3, 0.4) is 0 Å². The normalized spacial score (nSPS) is 12.2. The molecule has 31 heavy (non-hydrogen) atoms. The standard InChI is InChI=1S/C21H19BN4O4S/c1-21(2,3)30-20(27)25-12-14(10-24-25)18-13-26(19-17(18)9-15(22)11-23-19)31(28,29)16-7-5-4-6-8-16/h4-13H,1-3H3. The van der Waals surface area contributed by atoms with Crippen LogP contribution >= 0.6 is 0 Å². The molecule has 0 aliphatic rings. The van der Waals surface area contributed by atoms with Crippen LogP contribution in [0.4, 0.5) is 4.79 Å². The molecule has 3 heterocycles. The molecule has 4 rings (SSSR count). The van der Waals surface area contributed by atoms with E-state index in [4.69, 9.17) is 12.6 Å². The molecule has 4 aromatic rings. The maximum Gasteiger partial charge on any atom is 0.435 e. The molecule has 0 spiro atoms. The third-order valence-electron chi connectivity index (χ3n) is 4.41. The molecule has 2 radical (unpaired) electrons. The number of rotatable bonds is 3. The van der Waals surface area contributed by atoms with E-state index in [-0.39, 0.29) is 10.5 Å². The first-order chi connectivity index (χ1) is 14.6. The van der Waals surface area contributed by atoms with E-state index in [2.05, 4.69) is 10.1 Å². The topological polar surface area (TPSA) is 96.1 Å². The van der Waals surface area contributed by atoms with Crippen LogP contribution in [0.5, 0.6) is 0 Å². The lowest BCUT2D eigenvalue weighted by atomic mass is 9.96. The van der Waals surface area contributed by atoms with Gasteiger partial charge in [-0.3, -0.25) is 0 Å². The summed E-state index contributed by atoms with van der Waals surface area (Å²) in [6.07, 6.45) is 5.15. The summed E-state index contributed by atoms with van der Waals surface area (Å²) in [6.45, 7) is 5.27. The number of hydrogen-bond acceptors (Lipinski definition) is 6. The Hall–Kier alpha value is -3.40. The fraction of sp³-hybridized carbons (Fsp3) is 0.190. The predicted molar refractivity (Wildman–Crippen MR) is 117 cm³/mol. The molecule has 0 saturated carbocycles. The summed E-state index contributed by atoms with van der Waals surface area (Å²) in [7, 11) is 2.00. The molecule has 0 unspecified atom stereocenters. The lowest BCUT2D eigenvalue weighted by molar-refractivity contribution is 0.0514. The SMILES string of the molecule is [B]c1cnc2c(c1)c(-c1cnn(C(=O)OC(C)(C)C)c1)cn2S(=O)(=O)c1ccccc1. The quantitative estimate of drug-likeness (QED) is 0.460. The molecule has 0 fully saturated rings. The van der Waals surface area contributed by atoms with Gasteiger partial charge in [0.25, 0.3) is 10.0 Å². The third-order valence-corrected chi connectivity index (χ3v) is 6.07. The highest BCUT2D eigenvalue weighted by Crippen LogP contribution is 2.31. The van der Waals surface area contributed by atoms with Crippen molar-refractivity contribution in [2.24, 2.45) is 0 Å². The molecule has 0 bridgehead atoms. The minimum Gasteiger partial charge on any atom is -0.442 e. The van der Waals surface area contributed by atoms with Crippen LogP contribution in [0.25, 0.3) is 22.2 Å². The second kappa shape index (κ2) is 7.38. The zero-order valence-electron chi connectivity index (χ0n) is 17.2. The number of carbonyl (C=O) groups is 1. The minimum absolute atomic E-state index is 0.126. The molecule has 10 heteroatoms. The van der Waals surface area contributed by atoms with Gasteiger partial charge >= 0.3 is 6.09 Å². The Morgan fingerprint density at radius 3 is 2.48 bits per heavy atom. The van der Waals surface area contributed by atoms with Crippen molar-refractivity contribution < 1.29 is 17.9 Å². The van der Waals surface area contributed by atoms with Crippen LogP contribution in [-0.4, -0.2) is 46.7 Å². The Kier molecular flexibility index (Phi) is 4.97. The fourth-order valence-electron chi connectivity index (χ4n) is 3.09. The van der Waals surface area contributed by atoms with Crippen molar-refractivity contribution in [1.82, 2.24) is 18.7 Å². The van der Waals surface area contributed by atoms with Crippen LogP contribution < -0.4 is 5.46 Å². The maximum absolute atomic E-state index is 13.2. The molecule has 1 aromatic carbocycles. The van der Waals surface area contributed by atoms with Crippen molar-refractivity contribution in [1.29, 1.82) is 0 Å². The van der Waals surface area contributed by atoms with E-state index in [0.717, 1.165) is 8.65 Å². The number of pyridine rings is 1. The van der Waals surface area contributed by atoms with E-state index < -0.39 is 21.7 Å². The highest BCUT2D eigenvalue weighted by Gasteiger charge is 2.24. The second-order valence-electron chi connectivity index (χ2n) is 7.95. The number of ether oxygens (including phenoxy) is 1. The van der Waals surface area contributed by atoms with Crippen molar-refractivity contribution in [3.8, 4) is 11.1 Å². The van der Waals surface area contributed by atoms with Gasteiger partial charge in [0.15, 0.2) is 5.65 Å². The lowest BCUT2D eigenvalue weighted by Gasteiger charge is -2.18. The summed E-state index contributed by atoms with van der Waals surface area (Å²) in [5, 5.41) is 4.58. The summed E-state index contributed by atoms with van der Waals surface area (Å²) in [5.41, 5.74) is 0.956. The second-order valence-corrected chi connectivity index (χ2v) is 9.77. The summed E-state index contributed by atoms with van der Waals surface area (Å²) >= 11 is 0. The Bertz CT molecular complexity index is 1390. The number of carbonyl (C=O) groups excluding carboxylic acids is 1. The first-order valence-electron chi connectivity index (χ1n) is 9.42. The molecule has 0 saturated heterocycles. The number of nitrogens with zero attached hydrogens (tertiary/aromatic N) is 4. The average Bonchev–Trinajstić information content (AvgIpc) is 3.32. The molecule has 0 amide bonds. The Morgan fingerprint density at radius 2 is 1.81 bits per heavy atom. The van der Waals surface area contributed by atoms with Gasteiger partial charge in [-0.05, 0) is 32.9 Å². The van der Waals surface area contributed by atoms with Gasteiger partial charge in [0.1, 0.15) is 13.4 Å². The van der Waals surface area contributed by atoms with Gasteiger partial charge in [0.2, 0.25) is 0 Å². The summed E-state index contributed by atoms with van der Waals surface area (Å²) < 4.78 is 34.0. The largest absolute Gasteiger partial charge is 0.442 e. The van der Waals surface area contributed by atoms with Gasteiger partial charge in [-0.15, -0.1) is 0 Å². The van der Waals surface area contributed by atoms with Gasteiger partial charge in [0, 0.05) is 35.1 Å².